The van der Waals surface area contributed by atoms with Gasteiger partial charge in [0.2, 0.25) is 0 Å². The fraction of sp³-hybridized carbons (Fsp3) is 0.714. The topological polar surface area (TPSA) is 27.3 Å². The minimum absolute atomic E-state index is 1.08. The van der Waals surface area contributed by atoms with Crippen LogP contribution in [0.2, 0.25) is 0 Å². The molecule has 0 amide bonds. The molecule has 0 fully saturated rings. The van der Waals surface area contributed by atoms with Crippen LogP contribution in [-0.2, 0) is 0 Å². The van der Waals surface area contributed by atoms with Crippen LogP contribution in [-0.4, -0.2) is 32.6 Å². The summed E-state index contributed by atoms with van der Waals surface area (Å²) in [6, 6.07) is 0. The molecule has 0 unspecified atom stereocenters. The third-order valence-corrected chi connectivity index (χ3v) is 1.09. The quantitative estimate of drug-likeness (QED) is 0.537. The first kappa shape index (κ1) is 9.46. The minimum atomic E-state index is 1.08. The zero-order chi connectivity index (χ0) is 7.82. The molecule has 0 heterocycles. The van der Waals surface area contributed by atoms with Crippen LogP contribution in [0.1, 0.15) is 6.42 Å². The number of hydrazine groups is 1. The van der Waals surface area contributed by atoms with Crippen molar-refractivity contribution in [1.29, 1.82) is 0 Å². The van der Waals surface area contributed by atoms with Gasteiger partial charge < -0.3 is 10.3 Å². The summed E-state index contributed by atoms with van der Waals surface area (Å²) in [6.45, 7) is 1.10. The molecule has 0 saturated carbocycles. The molecule has 0 bridgehead atoms. The van der Waals surface area contributed by atoms with Crippen LogP contribution < -0.4 is 10.9 Å². The van der Waals surface area contributed by atoms with Crippen molar-refractivity contribution in [2.45, 2.75) is 6.42 Å². The summed E-state index contributed by atoms with van der Waals surface area (Å²) >= 11 is 0. The number of nitrogens with zero attached hydrogens (tertiary/aromatic N) is 1. The average molecular weight is 143 g/mol. The molecule has 60 valence electrons. The van der Waals surface area contributed by atoms with E-state index in [1.807, 2.05) is 13.2 Å². The van der Waals surface area contributed by atoms with E-state index >= 15 is 0 Å². The Bertz CT molecular complexity index is 88.9. The molecular weight excluding hydrogens is 126 g/mol. The van der Waals surface area contributed by atoms with Gasteiger partial charge >= 0.3 is 0 Å². The van der Waals surface area contributed by atoms with Crippen LogP contribution in [0.3, 0.4) is 0 Å². The van der Waals surface area contributed by atoms with E-state index in [0.717, 1.165) is 13.0 Å². The van der Waals surface area contributed by atoms with Crippen LogP contribution >= 0.6 is 0 Å². The highest BCUT2D eigenvalue weighted by Gasteiger charge is 1.83. The molecule has 0 rings (SSSR count). The molecule has 0 aromatic rings. The zero-order valence-electron chi connectivity index (χ0n) is 7.02. The lowest BCUT2D eigenvalue weighted by Crippen LogP contribution is -2.20. The number of rotatable bonds is 5. The minimum Gasteiger partial charge on any atom is -0.329 e. The van der Waals surface area contributed by atoms with E-state index in [2.05, 4.69) is 35.9 Å². The van der Waals surface area contributed by atoms with Crippen molar-refractivity contribution in [2.75, 3.05) is 27.7 Å². The largest absolute Gasteiger partial charge is 0.329 e. The first-order valence-corrected chi connectivity index (χ1v) is 3.49. The Labute approximate surface area is 63.1 Å². The van der Waals surface area contributed by atoms with Crippen molar-refractivity contribution < 1.29 is 0 Å². The normalized spacial score (nSPS) is 11.2. The number of hydrogen-bond acceptors (Lipinski definition) is 3. The van der Waals surface area contributed by atoms with Gasteiger partial charge in [0.25, 0.3) is 0 Å². The fourth-order valence-electron chi connectivity index (χ4n) is 0.558. The van der Waals surface area contributed by atoms with Crippen molar-refractivity contribution in [3.63, 3.8) is 0 Å². The molecule has 0 spiro atoms. The third-order valence-electron chi connectivity index (χ3n) is 1.09. The summed E-state index contributed by atoms with van der Waals surface area (Å²) in [5.41, 5.74) is 5.68. The van der Waals surface area contributed by atoms with Crippen LogP contribution in [0.25, 0.3) is 0 Å². The molecule has 0 saturated heterocycles. The summed E-state index contributed by atoms with van der Waals surface area (Å²) in [6.07, 6.45) is 5.08. The molecule has 3 nitrogen and oxygen atoms in total. The summed E-state index contributed by atoms with van der Waals surface area (Å²) in [5.74, 6) is 0. The maximum Gasteiger partial charge on any atom is 0.00855 e. The molecule has 0 aliphatic carbocycles. The van der Waals surface area contributed by atoms with Crippen molar-refractivity contribution in [1.82, 2.24) is 15.8 Å². The summed E-state index contributed by atoms with van der Waals surface area (Å²) in [5, 5.41) is 0. The second kappa shape index (κ2) is 6.58. The van der Waals surface area contributed by atoms with Crippen molar-refractivity contribution >= 4 is 0 Å². The molecule has 0 aliphatic rings. The van der Waals surface area contributed by atoms with E-state index in [1.165, 1.54) is 0 Å². The van der Waals surface area contributed by atoms with E-state index < -0.39 is 0 Å². The van der Waals surface area contributed by atoms with Gasteiger partial charge in [0.1, 0.15) is 0 Å². The van der Waals surface area contributed by atoms with Gasteiger partial charge in [-0.15, -0.1) is 0 Å². The Hall–Kier alpha value is -0.540. The van der Waals surface area contributed by atoms with Crippen molar-refractivity contribution in [2.24, 2.45) is 0 Å². The second-order valence-corrected chi connectivity index (χ2v) is 2.39. The summed E-state index contributed by atoms with van der Waals surface area (Å²) < 4.78 is 0. The van der Waals surface area contributed by atoms with Gasteiger partial charge in [-0.3, -0.25) is 0 Å². The Kier molecular flexibility index (Phi) is 6.22. The van der Waals surface area contributed by atoms with Gasteiger partial charge in [-0.05, 0) is 20.5 Å². The molecule has 0 atom stereocenters. The molecule has 0 radical (unpaired) electrons. The standard InChI is InChI=1S/C7H17N3/c1-8-9-6-4-5-7-10(2)3/h4,6,8-9H,5,7H2,1-3H3/b6-4-. The highest BCUT2D eigenvalue weighted by molar-refractivity contribution is 4.78. The van der Waals surface area contributed by atoms with Crippen molar-refractivity contribution in [3.05, 3.63) is 12.3 Å². The van der Waals surface area contributed by atoms with Gasteiger partial charge in [-0.25, -0.2) is 5.43 Å². The zero-order valence-corrected chi connectivity index (χ0v) is 7.02. The predicted octanol–water partition coefficient (Wildman–Crippen LogP) is 0.176. The average Bonchev–Trinajstić information content (AvgIpc) is 1.87. The van der Waals surface area contributed by atoms with E-state index in [4.69, 9.17) is 0 Å². The lowest BCUT2D eigenvalue weighted by Gasteiger charge is -2.05. The van der Waals surface area contributed by atoms with Crippen LogP contribution in [0, 0.1) is 0 Å². The maximum atomic E-state index is 2.87. The van der Waals surface area contributed by atoms with E-state index in [9.17, 15) is 0 Å². The first-order valence-electron chi connectivity index (χ1n) is 3.49. The van der Waals surface area contributed by atoms with E-state index in [-0.39, 0.29) is 0 Å². The van der Waals surface area contributed by atoms with Crippen LogP contribution in [0.15, 0.2) is 12.3 Å². The van der Waals surface area contributed by atoms with Gasteiger partial charge in [0.05, 0.1) is 0 Å². The van der Waals surface area contributed by atoms with Gasteiger partial charge in [-0.2, -0.15) is 0 Å². The second-order valence-electron chi connectivity index (χ2n) is 2.39. The SMILES string of the molecule is CNN/C=C\CCN(C)C. The molecule has 0 aromatic heterocycles. The maximum absolute atomic E-state index is 2.87. The van der Waals surface area contributed by atoms with E-state index in [0.29, 0.717) is 0 Å². The molecular formula is C7H17N3. The molecule has 0 aromatic carbocycles. The lowest BCUT2D eigenvalue weighted by atomic mass is 10.4. The molecule has 3 heteroatoms. The Balaban J connectivity index is 3.02. The summed E-state index contributed by atoms with van der Waals surface area (Å²) in [4.78, 5) is 2.16. The molecule has 10 heavy (non-hydrogen) atoms. The van der Waals surface area contributed by atoms with Crippen LogP contribution in [0.4, 0.5) is 0 Å². The van der Waals surface area contributed by atoms with Gasteiger partial charge in [0, 0.05) is 19.8 Å². The third kappa shape index (κ3) is 7.46. The highest BCUT2D eigenvalue weighted by Crippen LogP contribution is 1.82. The Morgan fingerprint density at radius 3 is 2.60 bits per heavy atom. The lowest BCUT2D eigenvalue weighted by molar-refractivity contribution is 0.417. The number of nitrogens with one attached hydrogen (secondary N) is 2. The van der Waals surface area contributed by atoms with Crippen molar-refractivity contribution in [3.8, 4) is 0 Å². The monoisotopic (exact) mass is 143 g/mol. The smallest absolute Gasteiger partial charge is 0.00855 e. The fourth-order valence-corrected chi connectivity index (χ4v) is 0.558. The van der Waals surface area contributed by atoms with E-state index in [1.54, 1.807) is 0 Å². The highest BCUT2D eigenvalue weighted by atomic mass is 15.3. The summed E-state index contributed by atoms with van der Waals surface area (Å²) in [7, 11) is 5.98. The van der Waals surface area contributed by atoms with Gasteiger partial charge in [0.15, 0.2) is 0 Å². The number of hydrogen-bond donors (Lipinski definition) is 2. The van der Waals surface area contributed by atoms with Gasteiger partial charge in [-0.1, -0.05) is 6.08 Å². The first-order chi connectivity index (χ1) is 4.77. The van der Waals surface area contributed by atoms with Crippen LogP contribution in [0.5, 0.6) is 0 Å². The molecule has 0 aliphatic heterocycles. The Morgan fingerprint density at radius 1 is 1.40 bits per heavy atom. The molecule has 2 N–H and O–H groups in total. The Morgan fingerprint density at radius 2 is 2.10 bits per heavy atom. The predicted molar refractivity (Wildman–Crippen MR) is 44.5 cm³/mol.